The SMILES string of the molecule is CCOC(=O)C(C(C)O)S(=O)(=O)c1ccc(C)cc1. The van der Waals surface area contributed by atoms with Crippen molar-refractivity contribution in [2.75, 3.05) is 6.61 Å². The lowest BCUT2D eigenvalue weighted by atomic mass is 10.2. The molecule has 0 aliphatic rings. The molecule has 0 saturated carbocycles. The van der Waals surface area contributed by atoms with Gasteiger partial charge in [0.15, 0.2) is 15.1 Å². The van der Waals surface area contributed by atoms with E-state index in [4.69, 9.17) is 4.74 Å². The number of aliphatic hydroxyl groups excluding tert-OH is 1. The molecule has 106 valence electrons. The van der Waals surface area contributed by atoms with E-state index in [9.17, 15) is 18.3 Å². The van der Waals surface area contributed by atoms with Crippen LogP contribution in [0.1, 0.15) is 19.4 Å². The number of hydrogen-bond acceptors (Lipinski definition) is 5. The van der Waals surface area contributed by atoms with Crippen LogP contribution in [0.4, 0.5) is 0 Å². The first-order valence-corrected chi connectivity index (χ1v) is 7.50. The lowest BCUT2D eigenvalue weighted by Crippen LogP contribution is -2.40. The molecule has 19 heavy (non-hydrogen) atoms. The minimum absolute atomic E-state index is 0.00273. The van der Waals surface area contributed by atoms with E-state index in [2.05, 4.69) is 0 Å². The zero-order valence-electron chi connectivity index (χ0n) is 11.2. The third-order valence-electron chi connectivity index (χ3n) is 2.64. The highest BCUT2D eigenvalue weighted by atomic mass is 32.2. The first-order chi connectivity index (χ1) is 8.80. The van der Waals surface area contributed by atoms with Crippen molar-refractivity contribution in [2.45, 2.75) is 37.0 Å². The molecule has 1 N–H and O–H groups in total. The first-order valence-electron chi connectivity index (χ1n) is 5.96. The molecular formula is C13H18O5S. The Balaban J connectivity index is 3.20. The summed E-state index contributed by atoms with van der Waals surface area (Å²) in [6.45, 7) is 4.72. The first kappa shape index (κ1) is 15.7. The number of sulfone groups is 1. The van der Waals surface area contributed by atoms with Crippen LogP contribution in [0, 0.1) is 6.92 Å². The summed E-state index contributed by atoms with van der Waals surface area (Å²) in [5, 5.41) is 7.98. The monoisotopic (exact) mass is 286 g/mol. The summed E-state index contributed by atoms with van der Waals surface area (Å²) in [6, 6.07) is 6.10. The molecule has 0 spiro atoms. The molecule has 0 radical (unpaired) electrons. The molecule has 1 aromatic rings. The van der Waals surface area contributed by atoms with Crippen LogP contribution in [-0.4, -0.2) is 37.5 Å². The predicted molar refractivity (Wildman–Crippen MR) is 70.5 cm³/mol. The number of carbonyl (C=O) groups excluding carboxylic acids is 1. The Kier molecular flexibility index (Phi) is 5.08. The van der Waals surface area contributed by atoms with Crippen molar-refractivity contribution < 1.29 is 23.1 Å². The highest BCUT2D eigenvalue weighted by Gasteiger charge is 2.39. The minimum atomic E-state index is -3.96. The molecule has 0 amide bonds. The quantitative estimate of drug-likeness (QED) is 0.819. The molecule has 0 saturated heterocycles. The fraction of sp³-hybridized carbons (Fsp3) is 0.462. The second-order valence-electron chi connectivity index (χ2n) is 4.27. The summed E-state index contributed by atoms with van der Waals surface area (Å²) in [5.41, 5.74) is 0.906. The molecule has 1 aromatic carbocycles. The van der Waals surface area contributed by atoms with Crippen LogP contribution in [0.15, 0.2) is 29.2 Å². The van der Waals surface area contributed by atoms with Gasteiger partial charge in [0.2, 0.25) is 0 Å². The number of hydrogen-bond donors (Lipinski definition) is 1. The van der Waals surface area contributed by atoms with E-state index in [-0.39, 0.29) is 11.5 Å². The van der Waals surface area contributed by atoms with Crippen molar-refractivity contribution in [3.05, 3.63) is 29.8 Å². The van der Waals surface area contributed by atoms with Crippen LogP contribution >= 0.6 is 0 Å². The van der Waals surface area contributed by atoms with E-state index >= 15 is 0 Å². The van der Waals surface area contributed by atoms with Crippen LogP contribution in [0.2, 0.25) is 0 Å². The molecule has 0 bridgehead atoms. The molecule has 0 aromatic heterocycles. The van der Waals surface area contributed by atoms with Crippen molar-refractivity contribution >= 4 is 15.8 Å². The second-order valence-corrected chi connectivity index (χ2v) is 6.34. The molecule has 2 atom stereocenters. The Hall–Kier alpha value is -1.40. The van der Waals surface area contributed by atoms with Crippen LogP contribution in [0.25, 0.3) is 0 Å². The molecule has 0 heterocycles. The molecule has 0 aliphatic heterocycles. The minimum Gasteiger partial charge on any atom is -0.465 e. The zero-order chi connectivity index (χ0) is 14.6. The van der Waals surface area contributed by atoms with Gasteiger partial charge in [-0.15, -0.1) is 0 Å². The van der Waals surface area contributed by atoms with Crippen molar-refractivity contribution in [3.8, 4) is 0 Å². The van der Waals surface area contributed by atoms with E-state index in [1.54, 1.807) is 19.1 Å². The molecule has 1 rings (SSSR count). The normalized spacial score (nSPS) is 14.7. The fourth-order valence-corrected chi connectivity index (χ4v) is 3.33. The van der Waals surface area contributed by atoms with Crippen LogP contribution < -0.4 is 0 Å². The second kappa shape index (κ2) is 6.16. The van der Waals surface area contributed by atoms with Crippen LogP contribution in [0.3, 0.4) is 0 Å². The Bertz CT molecular complexity index is 531. The van der Waals surface area contributed by atoms with Gasteiger partial charge in [0, 0.05) is 0 Å². The summed E-state index contributed by atoms with van der Waals surface area (Å²) in [7, 11) is -3.96. The third kappa shape index (κ3) is 3.54. The van der Waals surface area contributed by atoms with Crippen LogP contribution in [-0.2, 0) is 19.4 Å². The number of esters is 1. The van der Waals surface area contributed by atoms with Gasteiger partial charge in [-0.05, 0) is 32.9 Å². The van der Waals surface area contributed by atoms with Gasteiger partial charge in [0.1, 0.15) is 0 Å². The zero-order valence-corrected chi connectivity index (χ0v) is 12.0. The van der Waals surface area contributed by atoms with Gasteiger partial charge in [0.05, 0.1) is 17.6 Å². The van der Waals surface area contributed by atoms with Crippen molar-refractivity contribution in [2.24, 2.45) is 0 Å². The highest BCUT2D eigenvalue weighted by molar-refractivity contribution is 7.92. The van der Waals surface area contributed by atoms with E-state index in [0.717, 1.165) is 5.56 Å². The highest BCUT2D eigenvalue weighted by Crippen LogP contribution is 2.20. The summed E-state index contributed by atoms with van der Waals surface area (Å²) in [4.78, 5) is 11.7. The molecule has 5 nitrogen and oxygen atoms in total. The topological polar surface area (TPSA) is 80.7 Å². The standard InChI is InChI=1S/C13H18O5S/c1-4-18-13(15)12(10(3)14)19(16,17)11-7-5-9(2)6-8-11/h5-8,10,12,14H,4H2,1-3H3. The number of benzene rings is 1. The fourth-order valence-electron chi connectivity index (χ4n) is 1.68. The van der Waals surface area contributed by atoms with Gasteiger partial charge in [-0.25, -0.2) is 8.42 Å². The summed E-state index contributed by atoms with van der Waals surface area (Å²) in [5.74, 6) is -0.932. The van der Waals surface area contributed by atoms with E-state index in [1.807, 2.05) is 6.92 Å². The number of aliphatic hydroxyl groups is 1. The summed E-state index contributed by atoms with van der Waals surface area (Å²) >= 11 is 0. The maximum atomic E-state index is 12.3. The molecular weight excluding hydrogens is 268 g/mol. The smallest absolute Gasteiger partial charge is 0.327 e. The van der Waals surface area contributed by atoms with Crippen molar-refractivity contribution in [1.82, 2.24) is 0 Å². The molecule has 0 fully saturated rings. The number of carbonyl (C=O) groups is 1. The Morgan fingerprint density at radius 3 is 2.26 bits per heavy atom. The average molecular weight is 286 g/mol. The summed E-state index contributed by atoms with van der Waals surface area (Å²) in [6.07, 6.45) is -1.34. The van der Waals surface area contributed by atoms with E-state index in [1.165, 1.54) is 19.1 Å². The van der Waals surface area contributed by atoms with E-state index in [0.29, 0.717) is 0 Å². The van der Waals surface area contributed by atoms with Gasteiger partial charge >= 0.3 is 5.97 Å². The Morgan fingerprint density at radius 2 is 1.84 bits per heavy atom. The van der Waals surface area contributed by atoms with Gasteiger partial charge in [-0.2, -0.15) is 0 Å². The van der Waals surface area contributed by atoms with Gasteiger partial charge in [-0.3, -0.25) is 4.79 Å². The van der Waals surface area contributed by atoms with Gasteiger partial charge < -0.3 is 9.84 Å². The van der Waals surface area contributed by atoms with Gasteiger partial charge in [-0.1, -0.05) is 17.7 Å². The lowest BCUT2D eigenvalue weighted by Gasteiger charge is -2.18. The van der Waals surface area contributed by atoms with Crippen molar-refractivity contribution in [3.63, 3.8) is 0 Å². The molecule has 6 heteroatoms. The maximum Gasteiger partial charge on any atom is 0.327 e. The summed E-state index contributed by atoms with van der Waals surface area (Å²) < 4.78 is 29.4. The third-order valence-corrected chi connectivity index (χ3v) is 4.83. The number of ether oxygens (including phenoxy) is 1. The largest absolute Gasteiger partial charge is 0.465 e. The number of aryl methyl sites for hydroxylation is 1. The molecule has 0 aliphatic carbocycles. The number of rotatable bonds is 5. The van der Waals surface area contributed by atoms with Crippen molar-refractivity contribution in [1.29, 1.82) is 0 Å². The van der Waals surface area contributed by atoms with E-state index < -0.39 is 27.2 Å². The van der Waals surface area contributed by atoms with Gasteiger partial charge in [0.25, 0.3) is 0 Å². The Labute approximate surface area is 113 Å². The maximum absolute atomic E-state index is 12.3. The lowest BCUT2D eigenvalue weighted by molar-refractivity contribution is -0.144. The van der Waals surface area contributed by atoms with Crippen LogP contribution in [0.5, 0.6) is 0 Å². The Morgan fingerprint density at radius 1 is 1.32 bits per heavy atom. The molecule has 2 unspecified atom stereocenters. The average Bonchev–Trinajstić information content (AvgIpc) is 2.28. The predicted octanol–water partition coefficient (Wildman–Crippen LogP) is 1.08.